The fourth-order valence-corrected chi connectivity index (χ4v) is 2.49. The van der Waals surface area contributed by atoms with Crippen LogP contribution >= 0.6 is 0 Å². The first-order valence-corrected chi connectivity index (χ1v) is 5.83. The van der Waals surface area contributed by atoms with Crippen LogP contribution in [-0.2, 0) is 5.41 Å². The van der Waals surface area contributed by atoms with E-state index in [0.717, 1.165) is 31.2 Å². The van der Waals surface area contributed by atoms with E-state index < -0.39 is 0 Å². The molecule has 1 nitrogen and oxygen atoms in total. The molecule has 2 rings (SSSR count). The molecule has 1 fully saturated rings. The highest BCUT2D eigenvalue weighted by atomic mass is 19.1. The van der Waals surface area contributed by atoms with Crippen LogP contribution in [0.3, 0.4) is 0 Å². The quantitative estimate of drug-likeness (QED) is 0.702. The van der Waals surface area contributed by atoms with E-state index in [-0.39, 0.29) is 11.2 Å². The minimum absolute atomic E-state index is 0.235. The molecular formula is C14H16FN. The number of halogens is 1. The molecule has 0 amide bonds. The summed E-state index contributed by atoms with van der Waals surface area (Å²) >= 11 is 0. The first-order chi connectivity index (χ1) is 7.66. The molecule has 84 valence electrons. The molecule has 0 bridgehead atoms. The van der Waals surface area contributed by atoms with Crippen LogP contribution in [0.4, 0.5) is 4.39 Å². The molecule has 0 radical (unpaired) electrons. The maximum Gasteiger partial charge on any atom is 0.123 e. The van der Waals surface area contributed by atoms with Gasteiger partial charge in [0.15, 0.2) is 0 Å². The van der Waals surface area contributed by atoms with Crippen LogP contribution < -0.4 is 0 Å². The second kappa shape index (κ2) is 4.25. The predicted octanol–water partition coefficient (Wildman–Crippen LogP) is 3.80. The molecule has 0 unspecified atom stereocenters. The van der Waals surface area contributed by atoms with Crippen molar-refractivity contribution in [1.82, 2.24) is 0 Å². The van der Waals surface area contributed by atoms with Crippen LogP contribution in [0.15, 0.2) is 24.3 Å². The van der Waals surface area contributed by atoms with Gasteiger partial charge in [-0.15, -0.1) is 0 Å². The lowest BCUT2D eigenvalue weighted by atomic mass is 9.68. The molecule has 1 aliphatic rings. The molecule has 1 aromatic carbocycles. The van der Waals surface area contributed by atoms with E-state index in [1.807, 2.05) is 0 Å². The highest BCUT2D eigenvalue weighted by molar-refractivity contribution is 5.33. The van der Waals surface area contributed by atoms with E-state index in [2.05, 4.69) is 13.0 Å². The first-order valence-electron chi connectivity index (χ1n) is 5.83. The summed E-state index contributed by atoms with van der Waals surface area (Å²) in [5.74, 6) is 0.475. The molecule has 0 heterocycles. The van der Waals surface area contributed by atoms with Gasteiger partial charge in [0.05, 0.1) is 11.5 Å². The molecule has 1 aromatic rings. The molecule has 0 aromatic heterocycles. The Balaban J connectivity index is 2.29. The lowest BCUT2D eigenvalue weighted by Gasteiger charge is -2.34. The second-order valence-electron chi connectivity index (χ2n) is 4.88. The van der Waals surface area contributed by atoms with Crippen molar-refractivity contribution in [2.45, 2.75) is 38.0 Å². The number of hydrogen-bond donors (Lipinski definition) is 0. The third-order valence-corrected chi connectivity index (χ3v) is 3.74. The molecule has 0 N–H and O–H groups in total. The van der Waals surface area contributed by atoms with Crippen molar-refractivity contribution < 1.29 is 4.39 Å². The van der Waals surface area contributed by atoms with Crippen molar-refractivity contribution in [2.75, 3.05) is 0 Å². The monoisotopic (exact) mass is 217 g/mol. The van der Waals surface area contributed by atoms with Crippen LogP contribution in [0.5, 0.6) is 0 Å². The summed E-state index contributed by atoms with van der Waals surface area (Å²) in [6.45, 7) is 2.23. The Bertz CT molecular complexity index is 394. The highest BCUT2D eigenvalue weighted by Gasteiger charge is 2.35. The van der Waals surface area contributed by atoms with Crippen LogP contribution in [-0.4, -0.2) is 0 Å². The molecule has 16 heavy (non-hydrogen) atoms. The zero-order chi connectivity index (χ0) is 11.6. The SMILES string of the molecule is C[C@H]1CC[C@](C#N)(c2ccc(F)cc2)CC1. The number of nitrogens with zero attached hydrogens (tertiary/aromatic N) is 1. The summed E-state index contributed by atoms with van der Waals surface area (Å²) < 4.78 is 12.9. The van der Waals surface area contributed by atoms with Crippen molar-refractivity contribution in [3.63, 3.8) is 0 Å². The first kappa shape index (κ1) is 11.1. The van der Waals surface area contributed by atoms with E-state index in [1.165, 1.54) is 12.1 Å². The molecule has 0 aliphatic heterocycles. The Labute approximate surface area is 95.9 Å². The Kier molecular flexibility index (Phi) is 2.96. The van der Waals surface area contributed by atoms with E-state index in [4.69, 9.17) is 0 Å². The Morgan fingerprint density at radius 3 is 2.31 bits per heavy atom. The Morgan fingerprint density at radius 2 is 1.81 bits per heavy atom. The van der Waals surface area contributed by atoms with Crippen LogP contribution in [0.2, 0.25) is 0 Å². The van der Waals surface area contributed by atoms with Crippen LogP contribution in [0.1, 0.15) is 38.2 Å². The lowest BCUT2D eigenvalue weighted by molar-refractivity contribution is 0.294. The summed E-state index contributed by atoms with van der Waals surface area (Å²) in [5.41, 5.74) is 0.600. The largest absolute Gasteiger partial charge is 0.207 e. The molecule has 1 aliphatic carbocycles. The molecular weight excluding hydrogens is 201 g/mol. The second-order valence-corrected chi connectivity index (χ2v) is 4.88. The topological polar surface area (TPSA) is 23.8 Å². The Hall–Kier alpha value is -1.36. The number of benzene rings is 1. The van der Waals surface area contributed by atoms with E-state index in [0.29, 0.717) is 5.92 Å². The predicted molar refractivity (Wildman–Crippen MR) is 61.3 cm³/mol. The average Bonchev–Trinajstić information content (AvgIpc) is 2.32. The van der Waals surface area contributed by atoms with Gasteiger partial charge < -0.3 is 0 Å². The minimum Gasteiger partial charge on any atom is -0.207 e. The van der Waals surface area contributed by atoms with E-state index >= 15 is 0 Å². The van der Waals surface area contributed by atoms with Crippen molar-refractivity contribution in [3.05, 3.63) is 35.6 Å². The number of rotatable bonds is 1. The maximum atomic E-state index is 12.9. The van der Waals surface area contributed by atoms with Crippen LogP contribution in [0.25, 0.3) is 0 Å². The summed E-state index contributed by atoms with van der Waals surface area (Å²) in [4.78, 5) is 0. The van der Waals surface area contributed by atoms with Gasteiger partial charge in [-0.25, -0.2) is 4.39 Å². The smallest absolute Gasteiger partial charge is 0.123 e. The summed E-state index contributed by atoms with van der Waals surface area (Å²) in [5, 5.41) is 9.41. The van der Waals surface area contributed by atoms with E-state index in [1.54, 1.807) is 12.1 Å². The fraction of sp³-hybridized carbons (Fsp3) is 0.500. The van der Waals surface area contributed by atoms with Crippen LogP contribution in [0, 0.1) is 23.1 Å². The summed E-state index contributed by atoms with van der Waals surface area (Å²) in [7, 11) is 0. The maximum absolute atomic E-state index is 12.9. The number of hydrogen-bond acceptors (Lipinski definition) is 1. The third kappa shape index (κ3) is 1.95. The fourth-order valence-electron chi connectivity index (χ4n) is 2.49. The van der Waals surface area contributed by atoms with Crippen molar-refractivity contribution in [2.24, 2.45) is 5.92 Å². The zero-order valence-corrected chi connectivity index (χ0v) is 9.54. The Morgan fingerprint density at radius 1 is 1.25 bits per heavy atom. The third-order valence-electron chi connectivity index (χ3n) is 3.74. The van der Waals surface area contributed by atoms with Gasteiger partial charge in [0, 0.05) is 0 Å². The average molecular weight is 217 g/mol. The van der Waals surface area contributed by atoms with Gasteiger partial charge in [0.25, 0.3) is 0 Å². The lowest BCUT2D eigenvalue weighted by Crippen LogP contribution is -2.29. The van der Waals surface area contributed by atoms with Crippen molar-refractivity contribution >= 4 is 0 Å². The zero-order valence-electron chi connectivity index (χ0n) is 9.54. The minimum atomic E-state index is -0.375. The van der Waals surface area contributed by atoms with Crippen molar-refractivity contribution in [3.8, 4) is 6.07 Å². The van der Waals surface area contributed by atoms with Gasteiger partial charge in [-0.1, -0.05) is 19.1 Å². The van der Waals surface area contributed by atoms with Gasteiger partial charge in [-0.2, -0.15) is 5.26 Å². The summed E-state index contributed by atoms with van der Waals surface area (Å²) in [6.07, 6.45) is 3.97. The van der Waals surface area contributed by atoms with Gasteiger partial charge in [-0.05, 0) is 49.3 Å². The van der Waals surface area contributed by atoms with Gasteiger partial charge in [-0.3, -0.25) is 0 Å². The van der Waals surface area contributed by atoms with Gasteiger partial charge in [0.1, 0.15) is 5.82 Å². The normalized spacial score (nSPS) is 29.7. The van der Waals surface area contributed by atoms with Gasteiger partial charge in [0.2, 0.25) is 0 Å². The van der Waals surface area contributed by atoms with Crippen molar-refractivity contribution in [1.29, 1.82) is 5.26 Å². The van der Waals surface area contributed by atoms with E-state index in [9.17, 15) is 9.65 Å². The highest BCUT2D eigenvalue weighted by Crippen LogP contribution is 2.40. The number of nitriles is 1. The standard InChI is InChI=1S/C14H16FN/c1-11-6-8-14(10-16,9-7-11)12-2-4-13(15)5-3-12/h2-5,11H,6-9H2,1H3/t11-,14-. The molecule has 0 spiro atoms. The molecule has 1 saturated carbocycles. The molecule has 0 saturated heterocycles. The van der Waals surface area contributed by atoms with Gasteiger partial charge >= 0.3 is 0 Å². The summed E-state index contributed by atoms with van der Waals surface area (Å²) in [6, 6.07) is 8.87. The molecule has 0 atom stereocenters. The molecule has 2 heteroatoms.